The van der Waals surface area contributed by atoms with Crippen molar-refractivity contribution in [2.24, 2.45) is 0 Å². The second-order valence-corrected chi connectivity index (χ2v) is 4.72. The number of aliphatic hydroxyl groups excluding tert-OH is 1. The van der Waals surface area contributed by atoms with E-state index in [4.69, 9.17) is 16.3 Å². The van der Waals surface area contributed by atoms with Crippen molar-refractivity contribution < 1.29 is 9.84 Å². The number of pyridine rings is 1. The van der Waals surface area contributed by atoms with Crippen molar-refractivity contribution in [3.8, 4) is 5.75 Å². The number of aliphatic hydroxyl groups is 1. The summed E-state index contributed by atoms with van der Waals surface area (Å²) in [6, 6.07) is 7.36. The van der Waals surface area contributed by atoms with Crippen molar-refractivity contribution in [1.82, 2.24) is 4.98 Å². The second kappa shape index (κ2) is 6.04. The van der Waals surface area contributed by atoms with Gasteiger partial charge in [-0.2, -0.15) is 0 Å². The first-order valence-electron chi connectivity index (χ1n) is 6.13. The Bertz CT molecular complexity index is 572. The molecule has 19 heavy (non-hydrogen) atoms. The van der Waals surface area contributed by atoms with Crippen LogP contribution < -0.4 is 4.74 Å². The van der Waals surface area contributed by atoms with Crippen LogP contribution in [0, 0.1) is 6.92 Å². The van der Waals surface area contributed by atoms with E-state index in [1.807, 2.05) is 32.0 Å². The van der Waals surface area contributed by atoms with Crippen molar-refractivity contribution >= 4 is 11.6 Å². The maximum Gasteiger partial charge on any atom is 0.137 e. The van der Waals surface area contributed by atoms with Gasteiger partial charge in [0.1, 0.15) is 11.9 Å². The zero-order valence-corrected chi connectivity index (χ0v) is 11.7. The Morgan fingerprint density at radius 1 is 1.32 bits per heavy atom. The molecule has 2 aromatic rings. The van der Waals surface area contributed by atoms with Crippen LogP contribution in [0.4, 0.5) is 0 Å². The molecule has 0 saturated carbocycles. The van der Waals surface area contributed by atoms with Crippen LogP contribution in [-0.4, -0.2) is 16.7 Å². The molecule has 1 unspecified atom stereocenters. The van der Waals surface area contributed by atoms with Gasteiger partial charge in [-0.1, -0.05) is 23.7 Å². The molecule has 1 N–H and O–H groups in total. The van der Waals surface area contributed by atoms with E-state index in [2.05, 4.69) is 4.98 Å². The summed E-state index contributed by atoms with van der Waals surface area (Å²) in [5.41, 5.74) is 2.39. The molecule has 0 fully saturated rings. The molecule has 0 spiro atoms. The summed E-state index contributed by atoms with van der Waals surface area (Å²) in [5, 5.41) is 10.9. The van der Waals surface area contributed by atoms with Gasteiger partial charge in [-0.3, -0.25) is 4.98 Å². The van der Waals surface area contributed by atoms with E-state index >= 15 is 0 Å². The smallest absolute Gasteiger partial charge is 0.137 e. The van der Waals surface area contributed by atoms with Crippen LogP contribution >= 0.6 is 11.6 Å². The molecule has 0 aliphatic rings. The monoisotopic (exact) mass is 277 g/mol. The second-order valence-electron chi connectivity index (χ2n) is 4.31. The molecule has 0 radical (unpaired) electrons. The molecule has 1 aromatic carbocycles. The number of aromatic nitrogens is 1. The van der Waals surface area contributed by atoms with E-state index < -0.39 is 6.10 Å². The van der Waals surface area contributed by atoms with E-state index in [-0.39, 0.29) is 0 Å². The number of aryl methyl sites for hydroxylation is 1. The fraction of sp³-hybridized carbons (Fsp3) is 0.267. The molecule has 0 aliphatic carbocycles. The molecule has 1 heterocycles. The Kier molecular flexibility index (Phi) is 4.40. The lowest BCUT2D eigenvalue weighted by atomic mass is 10.0. The molecule has 1 aromatic heterocycles. The normalized spacial score (nSPS) is 12.2. The number of rotatable bonds is 4. The van der Waals surface area contributed by atoms with E-state index in [1.54, 1.807) is 18.5 Å². The third-order valence-corrected chi connectivity index (χ3v) is 3.14. The molecule has 1 atom stereocenters. The molecule has 0 saturated heterocycles. The molecule has 0 aliphatic heterocycles. The zero-order chi connectivity index (χ0) is 13.8. The van der Waals surface area contributed by atoms with Gasteiger partial charge in [0.15, 0.2) is 0 Å². The Morgan fingerprint density at radius 2 is 2.11 bits per heavy atom. The number of ether oxygens (including phenoxy) is 1. The average Bonchev–Trinajstić information content (AvgIpc) is 2.39. The highest BCUT2D eigenvalue weighted by atomic mass is 35.5. The van der Waals surface area contributed by atoms with Crippen LogP contribution in [0.25, 0.3) is 0 Å². The molecule has 4 heteroatoms. The van der Waals surface area contributed by atoms with Gasteiger partial charge in [0.2, 0.25) is 0 Å². The third-order valence-electron chi connectivity index (χ3n) is 2.81. The standard InChI is InChI=1S/C15H16ClNO2/c1-3-19-12-7-11(8-17-9-12)15(18)13-5-4-10(2)6-14(13)16/h4-9,15,18H,3H2,1-2H3. The van der Waals surface area contributed by atoms with Crippen LogP contribution in [0.5, 0.6) is 5.75 Å². The van der Waals surface area contributed by atoms with Gasteiger partial charge in [-0.05, 0) is 31.5 Å². The lowest BCUT2D eigenvalue weighted by Gasteiger charge is -2.14. The minimum atomic E-state index is -0.805. The van der Waals surface area contributed by atoms with Crippen LogP contribution in [0.3, 0.4) is 0 Å². The Morgan fingerprint density at radius 3 is 2.79 bits per heavy atom. The summed E-state index contributed by atoms with van der Waals surface area (Å²) in [6.45, 7) is 4.42. The molecule has 2 rings (SSSR count). The summed E-state index contributed by atoms with van der Waals surface area (Å²) in [5.74, 6) is 0.641. The van der Waals surface area contributed by atoms with E-state index in [9.17, 15) is 5.11 Å². The minimum absolute atomic E-state index is 0.550. The van der Waals surface area contributed by atoms with E-state index in [0.29, 0.717) is 28.5 Å². The first-order valence-corrected chi connectivity index (χ1v) is 6.51. The molecule has 3 nitrogen and oxygen atoms in total. The molecule has 0 bridgehead atoms. The Hall–Kier alpha value is -1.58. The highest BCUT2D eigenvalue weighted by Gasteiger charge is 2.15. The fourth-order valence-corrected chi connectivity index (χ4v) is 2.20. The predicted octanol–water partition coefficient (Wildman–Crippen LogP) is 3.52. The molecular formula is C15H16ClNO2. The van der Waals surface area contributed by atoms with Crippen molar-refractivity contribution in [1.29, 1.82) is 0 Å². The SMILES string of the molecule is CCOc1cncc(C(O)c2ccc(C)cc2Cl)c1. The number of benzene rings is 1. The van der Waals surface area contributed by atoms with Crippen LogP contribution in [0.15, 0.2) is 36.7 Å². The summed E-state index contributed by atoms with van der Waals surface area (Å²) < 4.78 is 5.38. The van der Waals surface area contributed by atoms with E-state index in [1.165, 1.54) is 0 Å². The van der Waals surface area contributed by atoms with Crippen molar-refractivity contribution in [3.05, 3.63) is 58.4 Å². The van der Waals surface area contributed by atoms with Gasteiger partial charge in [-0.25, -0.2) is 0 Å². The summed E-state index contributed by atoms with van der Waals surface area (Å²) in [4.78, 5) is 4.07. The molecular weight excluding hydrogens is 262 g/mol. The zero-order valence-electron chi connectivity index (χ0n) is 10.9. The lowest BCUT2D eigenvalue weighted by molar-refractivity contribution is 0.219. The quantitative estimate of drug-likeness (QED) is 0.930. The average molecular weight is 278 g/mol. The number of hydrogen-bond acceptors (Lipinski definition) is 3. The summed E-state index contributed by atoms with van der Waals surface area (Å²) >= 11 is 6.16. The maximum atomic E-state index is 10.4. The van der Waals surface area contributed by atoms with Crippen molar-refractivity contribution in [2.45, 2.75) is 20.0 Å². The van der Waals surface area contributed by atoms with Gasteiger partial charge < -0.3 is 9.84 Å². The lowest BCUT2D eigenvalue weighted by Crippen LogP contribution is -2.02. The minimum Gasteiger partial charge on any atom is -0.492 e. The summed E-state index contributed by atoms with van der Waals surface area (Å²) in [7, 11) is 0. The van der Waals surface area contributed by atoms with Gasteiger partial charge in [-0.15, -0.1) is 0 Å². The largest absolute Gasteiger partial charge is 0.492 e. The van der Waals surface area contributed by atoms with Gasteiger partial charge >= 0.3 is 0 Å². The van der Waals surface area contributed by atoms with Gasteiger partial charge in [0, 0.05) is 22.3 Å². The molecule has 0 amide bonds. The van der Waals surface area contributed by atoms with Crippen LogP contribution in [0.2, 0.25) is 5.02 Å². The first kappa shape index (κ1) is 13.8. The Labute approximate surface area is 117 Å². The highest BCUT2D eigenvalue weighted by Crippen LogP contribution is 2.29. The van der Waals surface area contributed by atoms with Gasteiger partial charge in [0.25, 0.3) is 0 Å². The van der Waals surface area contributed by atoms with Crippen molar-refractivity contribution in [2.75, 3.05) is 6.61 Å². The number of halogens is 1. The van der Waals surface area contributed by atoms with Gasteiger partial charge in [0.05, 0.1) is 12.8 Å². The van der Waals surface area contributed by atoms with Crippen LogP contribution in [-0.2, 0) is 0 Å². The predicted molar refractivity (Wildman–Crippen MR) is 75.7 cm³/mol. The first-order chi connectivity index (χ1) is 9.11. The van der Waals surface area contributed by atoms with Crippen LogP contribution in [0.1, 0.15) is 29.7 Å². The maximum absolute atomic E-state index is 10.4. The molecule has 100 valence electrons. The third kappa shape index (κ3) is 3.25. The highest BCUT2D eigenvalue weighted by molar-refractivity contribution is 6.31. The van der Waals surface area contributed by atoms with Crippen molar-refractivity contribution in [3.63, 3.8) is 0 Å². The topological polar surface area (TPSA) is 42.4 Å². The Balaban J connectivity index is 2.32. The summed E-state index contributed by atoms with van der Waals surface area (Å²) in [6.07, 6.45) is 2.43. The fourth-order valence-electron chi connectivity index (χ4n) is 1.86. The van der Waals surface area contributed by atoms with E-state index in [0.717, 1.165) is 5.56 Å². The number of hydrogen-bond donors (Lipinski definition) is 1. The number of nitrogens with zero attached hydrogens (tertiary/aromatic N) is 1.